The zero-order valence-electron chi connectivity index (χ0n) is 14.5. The van der Waals surface area contributed by atoms with Crippen LogP contribution in [0, 0.1) is 0 Å². The molecule has 0 spiro atoms. The topological polar surface area (TPSA) is 81.2 Å². The van der Waals surface area contributed by atoms with Crippen LogP contribution in [-0.4, -0.2) is 48.0 Å². The van der Waals surface area contributed by atoms with E-state index in [1.807, 2.05) is 43.3 Å². The number of nitrogens with zero attached hydrogens (tertiary/aromatic N) is 2. The van der Waals surface area contributed by atoms with Crippen LogP contribution < -0.4 is 10.2 Å². The maximum atomic E-state index is 12.3. The van der Waals surface area contributed by atoms with E-state index in [-0.39, 0.29) is 18.6 Å². The molecule has 6 nitrogen and oxygen atoms in total. The van der Waals surface area contributed by atoms with Crippen LogP contribution in [0.15, 0.2) is 30.3 Å². The fraction of sp³-hybridized carbons (Fsp3) is 0.444. The number of aliphatic hydroxyl groups excluding tert-OH is 1. The zero-order chi connectivity index (χ0) is 17.5. The molecule has 1 aromatic heterocycles. The summed E-state index contributed by atoms with van der Waals surface area (Å²) >= 11 is 0. The maximum Gasteiger partial charge on any atom is 0.272 e. The third-order valence-corrected chi connectivity index (χ3v) is 3.87. The van der Waals surface area contributed by atoms with Crippen molar-refractivity contribution in [3.8, 4) is 0 Å². The number of hydrogen-bond donors (Lipinski definition) is 3. The highest BCUT2D eigenvalue weighted by molar-refractivity contribution is 5.92. The average molecular weight is 330 g/mol. The van der Waals surface area contributed by atoms with Crippen molar-refractivity contribution in [2.45, 2.75) is 32.2 Å². The molecule has 1 heterocycles. The summed E-state index contributed by atoms with van der Waals surface area (Å²) in [6.07, 6.45) is 2.43. The van der Waals surface area contributed by atoms with E-state index in [1.165, 1.54) is 0 Å². The van der Waals surface area contributed by atoms with E-state index in [2.05, 4.69) is 22.4 Å². The van der Waals surface area contributed by atoms with Crippen LogP contribution >= 0.6 is 0 Å². The van der Waals surface area contributed by atoms with Crippen LogP contribution in [0.2, 0.25) is 0 Å². The fourth-order valence-electron chi connectivity index (χ4n) is 2.51. The van der Waals surface area contributed by atoms with E-state index >= 15 is 0 Å². The molecule has 0 aliphatic heterocycles. The number of aromatic amines is 1. The Kier molecular flexibility index (Phi) is 6.37. The number of rotatable bonds is 8. The Morgan fingerprint density at radius 3 is 2.62 bits per heavy atom. The Balaban J connectivity index is 1.96. The third-order valence-electron chi connectivity index (χ3n) is 3.87. The number of H-pyrrole nitrogens is 1. The molecule has 1 aromatic carbocycles. The molecular weight excluding hydrogens is 304 g/mol. The number of aliphatic hydroxyl groups is 1. The van der Waals surface area contributed by atoms with Gasteiger partial charge in [-0.05, 0) is 36.6 Å². The van der Waals surface area contributed by atoms with Crippen molar-refractivity contribution in [1.82, 2.24) is 15.5 Å². The minimum atomic E-state index is -0.339. The fourth-order valence-corrected chi connectivity index (χ4v) is 2.51. The summed E-state index contributed by atoms with van der Waals surface area (Å²) in [6.45, 7) is 1.96. The predicted octanol–water partition coefficient (Wildman–Crippen LogP) is 1.76. The number of carbonyl (C=O) groups excluding carboxylic acids is 1. The van der Waals surface area contributed by atoms with Crippen molar-refractivity contribution in [1.29, 1.82) is 0 Å². The smallest absolute Gasteiger partial charge is 0.272 e. The first-order valence-electron chi connectivity index (χ1n) is 8.25. The van der Waals surface area contributed by atoms with Gasteiger partial charge in [0.05, 0.1) is 12.6 Å². The second-order valence-electron chi connectivity index (χ2n) is 6.15. The summed E-state index contributed by atoms with van der Waals surface area (Å²) in [7, 11) is 3.98. The Morgan fingerprint density at radius 1 is 1.33 bits per heavy atom. The Morgan fingerprint density at radius 2 is 2.04 bits per heavy atom. The van der Waals surface area contributed by atoms with Crippen LogP contribution in [0.4, 0.5) is 5.69 Å². The zero-order valence-corrected chi connectivity index (χ0v) is 14.5. The van der Waals surface area contributed by atoms with Gasteiger partial charge in [0.1, 0.15) is 5.69 Å². The van der Waals surface area contributed by atoms with Gasteiger partial charge in [0.2, 0.25) is 0 Å². The van der Waals surface area contributed by atoms with Gasteiger partial charge < -0.3 is 15.3 Å². The molecule has 6 heteroatoms. The summed E-state index contributed by atoms with van der Waals surface area (Å²) in [5.74, 6) is -0.266. The van der Waals surface area contributed by atoms with Gasteiger partial charge in [-0.2, -0.15) is 5.10 Å². The second-order valence-corrected chi connectivity index (χ2v) is 6.15. The highest BCUT2D eigenvalue weighted by Crippen LogP contribution is 2.13. The van der Waals surface area contributed by atoms with E-state index in [1.54, 1.807) is 6.07 Å². The van der Waals surface area contributed by atoms with E-state index in [0.29, 0.717) is 12.1 Å². The first kappa shape index (κ1) is 18.0. The molecular formula is C18H26N4O2. The Labute approximate surface area is 142 Å². The molecule has 1 atom stereocenters. The lowest BCUT2D eigenvalue weighted by molar-refractivity contribution is 0.0911. The van der Waals surface area contributed by atoms with Gasteiger partial charge in [-0.3, -0.25) is 9.89 Å². The van der Waals surface area contributed by atoms with Crippen LogP contribution in [-0.2, 0) is 12.8 Å². The molecule has 0 radical (unpaired) electrons. The lowest BCUT2D eigenvalue weighted by Crippen LogP contribution is -2.39. The van der Waals surface area contributed by atoms with Gasteiger partial charge in [0, 0.05) is 25.5 Å². The van der Waals surface area contributed by atoms with Crippen LogP contribution in [0.25, 0.3) is 0 Å². The number of aromatic nitrogens is 2. The van der Waals surface area contributed by atoms with Gasteiger partial charge in [0.15, 0.2) is 0 Å². The van der Waals surface area contributed by atoms with Gasteiger partial charge in [-0.1, -0.05) is 25.5 Å². The standard InChI is InChI=1S/C18H26N4O2/c1-4-5-14-11-17(21-20-14)18(24)19-15(12-23)10-13-6-8-16(9-7-13)22(2)3/h6-9,11,15,23H,4-5,10,12H2,1-3H3,(H,19,24)(H,20,21)/t15-/m1/s1. The summed E-state index contributed by atoms with van der Waals surface area (Å²) in [6, 6.07) is 9.50. The minimum absolute atomic E-state index is 0.118. The largest absolute Gasteiger partial charge is 0.394 e. The van der Waals surface area contributed by atoms with E-state index in [9.17, 15) is 9.90 Å². The van der Waals surface area contributed by atoms with Crippen molar-refractivity contribution in [2.75, 3.05) is 25.6 Å². The van der Waals surface area contributed by atoms with E-state index in [4.69, 9.17) is 0 Å². The average Bonchev–Trinajstić information content (AvgIpc) is 3.04. The van der Waals surface area contributed by atoms with Gasteiger partial charge >= 0.3 is 0 Å². The Bertz CT molecular complexity index is 649. The monoisotopic (exact) mass is 330 g/mol. The number of anilines is 1. The molecule has 2 rings (SSSR count). The first-order chi connectivity index (χ1) is 11.5. The summed E-state index contributed by atoms with van der Waals surface area (Å²) < 4.78 is 0. The molecule has 1 amide bonds. The SMILES string of the molecule is CCCc1cc(C(=O)N[C@@H](CO)Cc2ccc(N(C)C)cc2)n[nH]1. The van der Waals surface area contributed by atoms with Crippen LogP contribution in [0.1, 0.15) is 35.1 Å². The number of amides is 1. The molecule has 0 saturated heterocycles. The number of nitrogens with one attached hydrogen (secondary N) is 2. The van der Waals surface area contributed by atoms with E-state index in [0.717, 1.165) is 29.8 Å². The minimum Gasteiger partial charge on any atom is -0.394 e. The van der Waals surface area contributed by atoms with Gasteiger partial charge in [-0.15, -0.1) is 0 Å². The highest BCUT2D eigenvalue weighted by atomic mass is 16.3. The molecule has 3 N–H and O–H groups in total. The Hall–Kier alpha value is -2.34. The van der Waals surface area contributed by atoms with Crippen molar-refractivity contribution < 1.29 is 9.90 Å². The van der Waals surface area contributed by atoms with Gasteiger partial charge in [0.25, 0.3) is 5.91 Å². The molecule has 0 aliphatic rings. The highest BCUT2D eigenvalue weighted by Gasteiger charge is 2.16. The first-order valence-corrected chi connectivity index (χ1v) is 8.25. The van der Waals surface area contributed by atoms with E-state index < -0.39 is 0 Å². The number of aryl methyl sites for hydroxylation is 1. The molecule has 24 heavy (non-hydrogen) atoms. The molecule has 0 unspecified atom stereocenters. The summed E-state index contributed by atoms with van der Waals surface area (Å²) in [5, 5.41) is 19.3. The normalized spacial score (nSPS) is 12.0. The molecule has 0 aliphatic carbocycles. The molecule has 130 valence electrons. The summed E-state index contributed by atoms with van der Waals surface area (Å²) in [5.41, 5.74) is 3.49. The van der Waals surface area contributed by atoms with Crippen molar-refractivity contribution >= 4 is 11.6 Å². The van der Waals surface area contributed by atoms with Crippen molar-refractivity contribution in [3.05, 3.63) is 47.3 Å². The summed E-state index contributed by atoms with van der Waals surface area (Å²) in [4.78, 5) is 14.3. The second kappa shape index (κ2) is 8.49. The lowest BCUT2D eigenvalue weighted by atomic mass is 10.1. The molecule has 0 fully saturated rings. The predicted molar refractivity (Wildman–Crippen MR) is 95.4 cm³/mol. The van der Waals surface area contributed by atoms with Crippen molar-refractivity contribution in [2.24, 2.45) is 0 Å². The number of carbonyl (C=O) groups is 1. The molecule has 0 bridgehead atoms. The molecule has 0 saturated carbocycles. The maximum absolute atomic E-state index is 12.3. The molecule has 2 aromatic rings. The quantitative estimate of drug-likeness (QED) is 0.689. The van der Waals surface area contributed by atoms with Crippen molar-refractivity contribution in [3.63, 3.8) is 0 Å². The van der Waals surface area contributed by atoms with Gasteiger partial charge in [-0.25, -0.2) is 0 Å². The van der Waals surface area contributed by atoms with Crippen LogP contribution in [0.3, 0.4) is 0 Å². The number of benzene rings is 1. The third kappa shape index (κ3) is 4.83. The number of hydrogen-bond acceptors (Lipinski definition) is 4. The lowest BCUT2D eigenvalue weighted by Gasteiger charge is -2.17. The van der Waals surface area contributed by atoms with Crippen LogP contribution in [0.5, 0.6) is 0 Å².